The number of aliphatic imine (C=N–C) groups is 1. The van der Waals surface area contributed by atoms with Gasteiger partial charge in [-0.05, 0) is 18.8 Å². The highest BCUT2D eigenvalue weighted by molar-refractivity contribution is 5.79. The van der Waals surface area contributed by atoms with Gasteiger partial charge in [-0.25, -0.2) is 0 Å². The van der Waals surface area contributed by atoms with Crippen molar-refractivity contribution < 1.29 is 14.4 Å². The Labute approximate surface area is 137 Å². The zero-order valence-electron chi connectivity index (χ0n) is 14.3. The molecule has 0 amide bonds. The van der Waals surface area contributed by atoms with Crippen LogP contribution in [0.3, 0.4) is 0 Å². The lowest BCUT2D eigenvalue weighted by molar-refractivity contribution is 0.127. The van der Waals surface area contributed by atoms with Crippen LogP contribution in [0.5, 0.6) is 0 Å². The maximum atomic E-state index is 9.26. The minimum atomic E-state index is -0.0105. The minimum absolute atomic E-state index is 0.0105. The number of guanidine groups is 1. The summed E-state index contributed by atoms with van der Waals surface area (Å²) in [5.74, 6) is 1.84. The Morgan fingerprint density at radius 1 is 1.48 bits per heavy atom. The highest BCUT2D eigenvalue weighted by atomic mass is 16.5. The van der Waals surface area contributed by atoms with Crippen LogP contribution in [0.2, 0.25) is 0 Å². The topological polar surface area (TPSA) is 91.9 Å². The molecule has 130 valence electrons. The van der Waals surface area contributed by atoms with Crippen LogP contribution in [-0.2, 0) is 11.3 Å². The largest absolute Gasteiger partial charge is 0.396 e. The van der Waals surface area contributed by atoms with E-state index in [4.69, 9.17) is 9.26 Å². The molecule has 1 atom stereocenters. The maximum Gasteiger partial charge on any atom is 0.191 e. The molecule has 0 radical (unpaired) electrons. The van der Waals surface area contributed by atoms with Crippen molar-refractivity contribution in [1.82, 2.24) is 15.8 Å². The number of aromatic nitrogens is 1. The van der Waals surface area contributed by atoms with E-state index in [1.165, 1.54) is 0 Å². The molecule has 2 heterocycles. The van der Waals surface area contributed by atoms with Gasteiger partial charge in [0.1, 0.15) is 0 Å². The van der Waals surface area contributed by atoms with Crippen molar-refractivity contribution in [3.05, 3.63) is 17.5 Å². The van der Waals surface area contributed by atoms with Gasteiger partial charge in [0, 0.05) is 38.3 Å². The van der Waals surface area contributed by atoms with Crippen LogP contribution in [-0.4, -0.2) is 49.6 Å². The second-order valence-electron chi connectivity index (χ2n) is 6.43. The highest BCUT2D eigenvalue weighted by Gasteiger charge is 2.34. The Kier molecular flexibility index (Phi) is 6.41. The van der Waals surface area contributed by atoms with Gasteiger partial charge in [-0.2, -0.15) is 0 Å². The molecule has 1 unspecified atom stereocenters. The van der Waals surface area contributed by atoms with Gasteiger partial charge in [0.25, 0.3) is 0 Å². The van der Waals surface area contributed by atoms with E-state index in [9.17, 15) is 5.11 Å². The fourth-order valence-electron chi connectivity index (χ4n) is 2.66. The van der Waals surface area contributed by atoms with Gasteiger partial charge >= 0.3 is 0 Å². The van der Waals surface area contributed by atoms with E-state index < -0.39 is 0 Å². The van der Waals surface area contributed by atoms with E-state index in [2.05, 4.69) is 34.6 Å². The lowest BCUT2D eigenvalue weighted by Gasteiger charge is -2.27. The van der Waals surface area contributed by atoms with Crippen LogP contribution in [0.15, 0.2) is 15.6 Å². The number of nitrogens with one attached hydrogen (secondary N) is 2. The zero-order valence-corrected chi connectivity index (χ0v) is 14.3. The SMILES string of the molecule is CN=C(NCc1cc(C(C)C)no1)NCC1(CCO)CCOC1. The number of nitrogens with zero attached hydrogens (tertiary/aromatic N) is 2. The average molecular weight is 324 g/mol. The molecule has 7 nitrogen and oxygen atoms in total. The second-order valence-corrected chi connectivity index (χ2v) is 6.43. The van der Waals surface area contributed by atoms with Crippen LogP contribution in [0.1, 0.15) is 44.1 Å². The fourth-order valence-corrected chi connectivity index (χ4v) is 2.66. The van der Waals surface area contributed by atoms with Gasteiger partial charge in [0.2, 0.25) is 0 Å². The summed E-state index contributed by atoms with van der Waals surface area (Å²) in [5.41, 5.74) is 0.943. The lowest BCUT2D eigenvalue weighted by Crippen LogP contribution is -2.44. The third kappa shape index (κ3) is 4.94. The van der Waals surface area contributed by atoms with E-state index in [1.807, 2.05) is 6.07 Å². The lowest BCUT2D eigenvalue weighted by atomic mass is 9.84. The molecule has 1 aromatic rings. The van der Waals surface area contributed by atoms with Crippen LogP contribution >= 0.6 is 0 Å². The summed E-state index contributed by atoms with van der Waals surface area (Å²) in [6.07, 6.45) is 1.69. The van der Waals surface area contributed by atoms with Crippen LogP contribution in [0.4, 0.5) is 0 Å². The van der Waals surface area contributed by atoms with E-state index >= 15 is 0 Å². The van der Waals surface area contributed by atoms with Gasteiger partial charge in [-0.1, -0.05) is 19.0 Å². The Morgan fingerprint density at radius 3 is 2.87 bits per heavy atom. The summed E-state index contributed by atoms with van der Waals surface area (Å²) in [6, 6.07) is 1.96. The number of rotatable bonds is 7. The Bertz CT molecular complexity index is 507. The van der Waals surface area contributed by atoms with E-state index in [0.29, 0.717) is 25.0 Å². The molecule has 0 saturated carbocycles. The van der Waals surface area contributed by atoms with Crippen molar-refractivity contribution in [3.63, 3.8) is 0 Å². The van der Waals surface area contributed by atoms with Gasteiger partial charge in [-0.3, -0.25) is 4.99 Å². The molecule has 3 N–H and O–H groups in total. The number of hydrogen-bond donors (Lipinski definition) is 3. The van der Waals surface area contributed by atoms with Crippen LogP contribution in [0.25, 0.3) is 0 Å². The van der Waals surface area contributed by atoms with Crippen LogP contribution < -0.4 is 10.6 Å². The summed E-state index contributed by atoms with van der Waals surface area (Å²) in [7, 11) is 1.74. The number of hydrogen-bond acceptors (Lipinski definition) is 5. The molecule has 1 aromatic heterocycles. The first-order chi connectivity index (χ1) is 11.1. The summed E-state index contributed by atoms with van der Waals surface area (Å²) < 4.78 is 10.8. The molecule has 0 bridgehead atoms. The molecule has 0 aromatic carbocycles. The van der Waals surface area contributed by atoms with Crippen molar-refractivity contribution in [3.8, 4) is 0 Å². The number of aliphatic hydroxyl groups excluding tert-OH is 1. The Hall–Kier alpha value is -1.60. The number of aliphatic hydroxyl groups is 1. The third-order valence-electron chi connectivity index (χ3n) is 4.28. The molecule has 1 saturated heterocycles. The minimum Gasteiger partial charge on any atom is -0.396 e. The number of ether oxygens (including phenoxy) is 1. The summed E-state index contributed by atoms with van der Waals surface area (Å²) in [4.78, 5) is 4.23. The van der Waals surface area contributed by atoms with Crippen molar-refractivity contribution in [2.75, 3.05) is 33.4 Å². The van der Waals surface area contributed by atoms with Crippen LogP contribution in [0, 0.1) is 5.41 Å². The van der Waals surface area contributed by atoms with Crippen molar-refractivity contribution in [1.29, 1.82) is 0 Å². The van der Waals surface area contributed by atoms with Crippen molar-refractivity contribution >= 4 is 5.96 Å². The zero-order chi connectivity index (χ0) is 16.7. The van der Waals surface area contributed by atoms with E-state index in [1.54, 1.807) is 7.05 Å². The maximum absolute atomic E-state index is 9.26. The normalized spacial score (nSPS) is 21.9. The second kappa shape index (κ2) is 8.31. The summed E-state index contributed by atoms with van der Waals surface area (Å²) >= 11 is 0. The molecule has 1 aliphatic rings. The summed E-state index contributed by atoms with van der Waals surface area (Å²) in [6.45, 7) is 7.03. The summed E-state index contributed by atoms with van der Waals surface area (Å²) in [5, 5.41) is 19.9. The van der Waals surface area contributed by atoms with Gasteiger partial charge < -0.3 is 25.0 Å². The highest BCUT2D eigenvalue weighted by Crippen LogP contribution is 2.31. The van der Waals surface area contributed by atoms with Gasteiger partial charge in [0.15, 0.2) is 11.7 Å². The predicted molar refractivity (Wildman–Crippen MR) is 88.4 cm³/mol. The van der Waals surface area contributed by atoms with Crippen molar-refractivity contribution in [2.45, 2.75) is 39.2 Å². The van der Waals surface area contributed by atoms with Gasteiger partial charge in [0.05, 0.1) is 18.8 Å². The van der Waals surface area contributed by atoms with Crippen molar-refractivity contribution in [2.24, 2.45) is 10.4 Å². The standard InChI is InChI=1S/C16H28N4O3/c1-12(2)14-8-13(23-20-14)9-18-15(17-3)19-10-16(4-6-21)5-7-22-11-16/h8,12,21H,4-7,9-11H2,1-3H3,(H2,17,18,19). The first-order valence-corrected chi connectivity index (χ1v) is 8.17. The quantitative estimate of drug-likeness (QED) is 0.516. The molecule has 2 rings (SSSR count). The average Bonchev–Trinajstić information content (AvgIpc) is 3.18. The molecular formula is C16H28N4O3. The first kappa shape index (κ1) is 17.7. The molecular weight excluding hydrogens is 296 g/mol. The Morgan fingerprint density at radius 2 is 2.30 bits per heavy atom. The van der Waals surface area contributed by atoms with E-state index in [0.717, 1.165) is 37.4 Å². The van der Waals surface area contributed by atoms with E-state index in [-0.39, 0.29) is 12.0 Å². The molecule has 23 heavy (non-hydrogen) atoms. The monoisotopic (exact) mass is 324 g/mol. The molecule has 0 aliphatic carbocycles. The predicted octanol–water partition coefficient (Wildman–Crippen LogP) is 1.25. The third-order valence-corrected chi connectivity index (χ3v) is 4.28. The molecule has 7 heteroatoms. The molecule has 0 spiro atoms. The molecule has 1 fully saturated rings. The Balaban J connectivity index is 1.83. The fraction of sp³-hybridized carbons (Fsp3) is 0.750. The molecule has 1 aliphatic heterocycles. The smallest absolute Gasteiger partial charge is 0.191 e. The van der Waals surface area contributed by atoms with Gasteiger partial charge in [-0.15, -0.1) is 0 Å². The first-order valence-electron chi connectivity index (χ1n) is 8.17.